The Kier molecular flexibility index (Phi) is 2.18. The third-order valence-corrected chi connectivity index (χ3v) is 3.47. The molecule has 1 aromatic carbocycles. The number of benzene rings is 1. The molecule has 0 saturated heterocycles. The summed E-state index contributed by atoms with van der Waals surface area (Å²) in [5.74, 6) is -0.166. The van der Waals surface area contributed by atoms with Crippen molar-refractivity contribution in [1.82, 2.24) is 4.98 Å². The van der Waals surface area contributed by atoms with Crippen LogP contribution in [0.5, 0.6) is 0 Å². The van der Waals surface area contributed by atoms with Crippen molar-refractivity contribution in [3.05, 3.63) is 59.2 Å². The molecule has 0 saturated carbocycles. The topological polar surface area (TPSA) is 51.2 Å². The number of nitrogens with one attached hydrogen (secondary N) is 1. The molecule has 4 nitrogen and oxygen atoms in total. The van der Waals surface area contributed by atoms with Crippen LogP contribution in [0.25, 0.3) is 11.3 Å². The number of hydrogen-bond acceptors (Lipinski definition) is 3. The van der Waals surface area contributed by atoms with Crippen molar-refractivity contribution in [3.63, 3.8) is 0 Å². The van der Waals surface area contributed by atoms with E-state index in [1.54, 1.807) is 24.5 Å². The van der Waals surface area contributed by atoms with Crippen molar-refractivity contribution in [2.75, 3.05) is 5.32 Å². The predicted molar refractivity (Wildman–Crippen MR) is 70.9 cm³/mol. The molecule has 0 radical (unpaired) electrons. The van der Waals surface area contributed by atoms with Crippen LogP contribution < -0.4 is 5.32 Å². The number of hydrogen-bond donors (Lipinski definition) is 1. The molecule has 4 rings (SSSR count). The fraction of sp³-hybridized carbons (Fsp3) is 0.0667. The largest absolute Gasteiger partial charge is 0.487 e. The molecule has 2 aromatic rings. The number of ether oxygens (including phenoxy) is 1. The summed E-state index contributed by atoms with van der Waals surface area (Å²) in [4.78, 5) is 16.2. The molecule has 3 heterocycles. The zero-order chi connectivity index (χ0) is 13.7. The minimum atomic E-state index is -0.383. The minimum Gasteiger partial charge on any atom is -0.487 e. The van der Waals surface area contributed by atoms with Crippen LogP contribution in [0.1, 0.15) is 16.7 Å². The SMILES string of the molecule is O=C1Nc2ccc(F)cc2/C1=C1\OCc2cnccc21. The van der Waals surface area contributed by atoms with E-state index in [2.05, 4.69) is 10.3 Å². The van der Waals surface area contributed by atoms with E-state index in [1.165, 1.54) is 12.1 Å². The normalized spacial score (nSPS) is 19.4. The summed E-state index contributed by atoms with van der Waals surface area (Å²) in [5.41, 5.74) is 3.28. The number of amides is 1. The highest BCUT2D eigenvalue weighted by Gasteiger charge is 2.32. The standard InChI is InChI=1S/C15H9FN2O2/c16-9-1-2-12-11(5-9)13(15(19)18-12)14-10-3-4-17-6-8(10)7-20-14/h1-6H,7H2,(H,18,19)/b14-13+. The first-order valence-corrected chi connectivity index (χ1v) is 6.15. The first-order chi connectivity index (χ1) is 9.74. The first kappa shape index (κ1) is 11.2. The van der Waals surface area contributed by atoms with Gasteiger partial charge in [-0.2, -0.15) is 0 Å². The summed E-state index contributed by atoms with van der Waals surface area (Å²) in [6, 6.07) is 6.02. The molecule has 98 valence electrons. The number of anilines is 1. The molecule has 20 heavy (non-hydrogen) atoms. The van der Waals surface area contributed by atoms with Crippen LogP contribution in [0.3, 0.4) is 0 Å². The van der Waals surface area contributed by atoms with E-state index in [4.69, 9.17) is 4.74 Å². The number of aromatic nitrogens is 1. The Bertz CT molecular complexity index is 783. The fourth-order valence-electron chi connectivity index (χ4n) is 2.56. The van der Waals surface area contributed by atoms with Gasteiger partial charge in [-0.15, -0.1) is 0 Å². The highest BCUT2D eigenvalue weighted by molar-refractivity contribution is 6.36. The van der Waals surface area contributed by atoms with Gasteiger partial charge in [0.1, 0.15) is 18.2 Å². The average molecular weight is 268 g/mol. The van der Waals surface area contributed by atoms with Crippen molar-refractivity contribution in [2.45, 2.75) is 6.61 Å². The van der Waals surface area contributed by atoms with E-state index in [0.29, 0.717) is 29.2 Å². The third kappa shape index (κ3) is 1.46. The number of carbonyl (C=O) groups excluding carboxylic acids is 1. The molecule has 2 aliphatic rings. The van der Waals surface area contributed by atoms with Gasteiger partial charge in [0.2, 0.25) is 0 Å². The van der Waals surface area contributed by atoms with Gasteiger partial charge < -0.3 is 10.1 Å². The van der Waals surface area contributed by atoms with E-state index in [-0.39, 0.29) is 11.7 Å². The zero-order valence-electron chi connectivity index (χ0n) is 10.3. The van der Waals surface area contributed by atoms with Gasteiger partial charge in [-0.25, -0.2) is 4.39 Å². The Labute approximate surface area is 113 Å². The molecule has 0 spiro atoms. The highest BCUT2D eigenvalue weighted by atomic mass is 19.1. The monoisotopic (exact) mass is 268 g/mol. The number of nitrogens with zero attached hydrogens (tertiary/aromatic N) is 1. The number of rotatable bonds is 0. The van der Waals surface area contributed by atoms with E-state index in [0.717, 1.165) is 11.1 Å². The van der Waals surface area contributed by atoms with E-state index in [1.807, 2.05) is 0 Å². The summed E-state index contributed by atoms with van der Waals surface area (Å²) < 4.78 is 19.1. The minimum absolute atomic E-state index is 0.273. The first-order valence-electron chi connectivity index (χ1n) is 6.15. The molecule has 0 unspecified atom stereocenters. The molecule has 5 heteroatoms. The number of halogens is 1. The van der Waals surface area contributed by atoms with Crippen molar-refractivity contribution in [2.24, 2.45) is 0 Å². The quantitative estimate of drug-likeness (QED) is 0.747. The second-order valence-corrected chi connectivity index (χ2v) is 4.67. The van der Waals surface area contributed by atoms with Crippen LogP contribution in [0.2, 0.25) is 0 Å². The van der Waals surface area contributed by atoms with E-state index < -0.39 is 0 Å². The van der Waals surface area contributed by atoms with Crippen LogP contribution >= 0.6 is 0 Å². The molecular weight excluding hydrogens is 259 g/mol. The molecule has 1 amide bonds. The van der Waals surface area contributed by atoms with Crippen LogP contribution in [0.15, 0.2) is 36.7 Å². The second kappa shape index (κ2) is 3.90. The summed E-state index contributed by atoms with van der Waals surface area (Å²) in [5, 5.41) is 2.72. The number of fused-ring (bicyclic) bond motifs is 2. The summed E-state index contributed by atoms with van der Waals surface area (Å²) in [6.45, 7) is 0.375. The smallest absolute Gasteiger partial charge is 0.260 e. The maximum Gasteiger partial charge on any atom is 0.260 e. The number of carbonyl (C=O) groups is 1. The van der Waals surface area contributed by atoms with Gasteiger partial charge in [-0.1, -0.05) is 0 Å². The maximum atomic E-state index is 13.4. The predicted octanol–water partition coefficient (Wildman–Crippen LogP) is 2.57. The molecule has 0 fully saturated rings. The lowest BCUT2D eigenvalue weighted by molar-refractivity contribution is -0.110. The Morgan fingerprint density at radius 2 is 2.15 bits per heavy atom. The fourth-order valence-corrected chi connectivity index (χ4v) is 2.56. The summed E-state index contributed by atoms with van der Waals surface area (Å²) in [6.07, 6.45) is 3.36. The Hall–Kier alpha value is -2.69. The molecule has 1 N–H and O–H groups in total. The van der Waals surface area contributed by atoms with Gasteiger partial charge in [0, 0.05) is 34.8 Å². The van der Waals surface area contributed by atoms with Crippen molar-refractivity contribution < 1.29 is 13.9 Å². The second-order valence-electron chi connectivity index (χ2n) is 4.67. The lowest BCUT2D eigenvalue weighted by Crippen LogP contribution is -2.05. The van der Waals surface area contributed by atoms with Gasteiger partial charge in [0.05, 0.1) is 5.57 Å². The Morgan fingerprint density at radius 3 is 3.05 bits per heavy atom. The van der Waals surface area contributed by atoms with E-state index in [9.17, 15) is 9.18 Å². The lowest BCUT2D eigenvalue weighted by Gasteiger charge is -2.04. The number of pyridine rings is 1. The van der Waals surface area contributed by atoms with Crippen LogP contribution in [-0.2, 0) is 16.1 Å². The van der Waals surface area contributed by atoms with Gasteiger partial charge >= 0.3 is 0 Å². The molecule has 0 aliphatic carbocycles. The molecule has 2 aliphatic heterocycles. The van der Waals surface area contributed by atoms with Crippen molar-refractivity contribution in [1.29, 1.82) is 0 Å². The van der Waals surface area contributed by atoms with Gasteiger partial charge in [0.15, 0.2) is 0 Å². The zero-order valence-corrected chi connectivity index (χ0v) is 10.3. The van der Waals surface area contributed by atoms with Gasteiger partial charge in [0.25, 0.3) is 5.91 Å². The van der Waals surface area contributed by atoms with Crippen LogP contribution in [-0.4, -0.2) is 10.9 Å². The molecule has 1 aromatic heterocycles. The van der Waals surface area contributed by atoms with Gasteiger partial charge in [-0.05, 0) is 24.3 Å². The van der Waals surface area contributed by atoms with Crippen LogP contribution in [0.4, 0.5) is 10.1 Å². The van der Waals surface area contributed by atoms with Crippen molar-refractivity contribution in [3.8, 4) is 0 Å². The van der Waals surface area contributed by atoms with Crippen LogP contribution in [0, 0.1) is 5.82 Å². The molecular formula is C15H9FN2O2. The third-order valence-electron chi connectivity index (χ3n) is 3.47. The van der Waals surface area contributed by atoms with E-state index >= 15 is 0 Å². The molecule has 0 bridgehead atoms. The van der Waals surface area contributed by atoms with Gasteiger partial charge in [-0.3, -0.25) is 9.78 Å². The highest BCUT2D eigenvalue weighted by Crippen LogP contribution is 2.41. The Balaban J connectivity index is 1.98. The molecule has 0 atom stereocenters. The maximum absolute atomic E-state index is 13.4. The van der Waals surface area contributed by atoms with Crippen molar-refractivity contribution >= 4 is 22.9 Å². The lowest BCUT2D eigenvalue weighted by atomic mass is 10.0. The summed E-state index contributed by atoms with van der Waals surface area (Å²) in [7, 11) is 0. The average Bonchev–Trinajstić information content (AvgIpc) is 2.99. The summed E-state index contributed by atoms with van der Waals surface area (Å²) >= 11 is 0. The Morgan fingerprint density at radius 1 is 1.25 bits per heavy atom.